The van der Waals surface area contributed by atoms with E-state index in [0.29, 0.717) is 0 Å². The van der Waals surface area contributed by atoms with Crippen molar-refractivity contribution in [3.8, 4) is 0 Å². The third-order valence-corrected chi connectivity index (χ3v) is 5.65. The highest BCUT2D eigenvalue weighted by atomic mass is 14.4. The number of rotatable bonds is 1. The summed E-state index contributed by atoms with van der Waals surface area (Å²) in [4.78, 5) is 0. The van der Waals surface area contributed by atoms with Gasteiger partial charge in [0.25, 0.3) is 0 Å². The van der Waals surface area contributed by atoms with Crippen molar-refractivity contribution >= 4 is 0 Å². The molecule has 0 amide bonds. The number of hydrogen-bond acceptors (Lipinski definition) is 0. The molecule has 0 nitrogen and oxygen atoms in total. The smallest absolute Gasteiger partial charge is 0.0162 e. The lowest BCUT2D eigenvalue weighted by molar-refractivity contribution is 0.0936. The average Bonchev–Trinajstić information content (AvgIpc) is 2.44. The molecule has 2 aliphatic carbocycles. The van der Waals surface area contributed by atoms with E-state index in [-0.39, 0.29) is 0 Å². The highest BCUT2D eigenvalue weighted by Crippen LogP contribution is 2.51. The van der Waals surface area contributed by atoms with E-state index in [0.717, 1.165) is 17.3 Å². The monoisotopic (exact) mass is 242 g/mol. The molecule has 18 heavy (non-hydrogen) atoms. The topological polar surface area (TPSA) is 0 Å². The predicted octanol–water partition coefficient (Wildman–Crippen LogP) is 5.54. The minimum absolute atomic E-state index is 0.748. The van der Waals surface area contributed by atoms with Crippen molar-refractivity contribution in [2.24, 2.45) is 11.3 Å². The van der Waals surface area contributed by atoms with Crippen molar-refractivity contribution in [3.63, 3.8) is 0 Å². The second-order valence-electron chi connectivity index (χ2n) is 6.87. The Balaban J connectivity index is 1.61. The fourth-order valence-corrected chi connectivity index (χ4v) is 4.16. The van der Waals surface area contributed by atoms with E-state index >= 15 is 0 Å². The van der Waals surface area contributed by atoms with E-state index in [1.807, 2.05) is 0 Å². The number of hydrogen-bond donors (Lipinski definition) is 0. The molecule has 0 aromatic heterocycles. The Bertz CT molecular complexity index is 360. The van der Waals surface area contributed by atoms with Crippen LogP contribution in [0.1, 0.15) is 69.8 Å². The predicted molar refractivity (Wildman–Crippen MR) is 77.7 cm³/mol. The Hall–Kier alpha value is -0.780. The van der Waals surface area contributed by atoms with Gasteiger partial charge in [-0.2, -0.15) is 0 Å². The van der Waals surface area contributed by atoms with Gasteiger partial charge in [0, 0.05) is 0 Å². The van der Waals surface area contributed by atoms with Crippen LogP contribution >= 0.6 is 0 Å². The highest BCUT2D eigenvalue weighted by Gasteiger charge is 2.37. The maximum absolute atomic E-state index is 2.43. The third-order valence-electron chi connectivity index (χ3n) is 5.65. The zero-order valence-electron chi connectivity index (χ0n) is 11.7. The van der Waals surface area contributed by atoms with Crippen LogP contribution in [0.3, 0.4) is 0 Å². The van der Waals surface area contributed by atoms with Gasteiger partial charge in [-0.15, -0.1) is 0 Å². The maximum Gasteiger partial charge on any atom is -0.0162 e. The van der Waals surface area contributed by atoms with E-state index in [2.05, 4.69) is 37.3 Å². The standard InChI is InChI=1S/C18H26/c1-15-7-11-18(12-8-15)13-9-17(10-14-18)16-5-3-2-4-6-16/h2-6,15,17H,7-14H2,1H3. The Morgan fingerprint density at radius 2 is 1.39 bits per heavy atom. The molecule has 0 N–H and O–H groups in total. The van der Waals surface area contributed by atoms with Gasteiger partial charge in [-0.05, 0) is 61.3 Å². The average molecular weight is 242 g/mol. The molecule has 3 rings (SSSR count). The van der Waals surface area contributed by atoms with Crippen molar-refractivity contribution in [2.75, 3.05) is 0 Å². The number of benzene rings is 1. The summed E-state index contributed by atoms with van der Waals surface area (Å²) in [5, 5.41) is 0. The van der Waals surface area contributed by atoms with Gasteiger partial charge in [0.05, 0.1) is 0 Å². The van der Waals surface area contributed by atoms with Crippen LogP contribution in [0.25, 0.3) is 0 Å². The van der Waals surface area contributed by atoms with Crippen molar-refractivity contribution in [2.45, 2.75) is 64.2 Å². The van der Waals surface area contributed by atoms with Crippen molar-refractivity contribution in [3.05, 3.63) is 35.9 Å². The van der Waals surface area contributed by atoms with Crippen molar-refractivity contribution in [1.82, 2.24) is 0 Å². The Labute approximate surface area is 112 Å². The summed E-state index contributed by atoms with van der Waals surface area (Å²) in [6.07, 6.45) is 11.8. The van der Waals surface area contributed by atoms with Crippen LogP contribution in [-0.4, -0.2) is 0 Å². The lowest BCUT2D eigenvalue weighted by Crippen LogP contribution is -2.31. The molecule has 2 fully saturated rings. The van der Waals surface area contributed by atoms with Gasteiger partial charge in [0.2, 0.25) is 0 Å². The first-order valence-electron chi connectivity index (χ1n) is 7.82. The lowest BCUT2D eigenvalue weighted by Gasteiger charge is -2.44. The molecule has 0 heterocycles. The van der Waals surface area contributed by atoms with Gasteiger partial charge in [-0.25, -0.2) is 0 Å². The van der Waals surface area contributed by atoms with E-state index in [1.54, 1.807) is 5.56 Å². The van der Waals surface area contributed by atoms with Crippen LogP contribution in [0.4, 0.5) is 0 Å². The zero-order valence-corrected chi connectivity index (χ0v) is 11.7. The molecule has 1 aromatic carbocycles. The van der Waals surface area contributed by atoms with Gasteiger partial charge in [-0.1, -0.05) is 50.1 Å². The summed E-state index contributed by atoms with van der Waals surface area (Å²) in [5.74, 6) is 1.83. The van der Waals surface area contributed by atoms with Crippen LogP contribution in [0.2, 0.25) is 0 Å². The molecule has 1 spiro atoms. The summed E-state index contributed by atoms with van der Waals surface area (Å²) in [7, 11) is 0. The Kier molecular flexibility index (Phi) is 3.46. The Morgan fingerprint density at radius 1 is 0.833 bits per heavy atom. The normalized spacial score (nSPS) is 36.7. The molecular formula is C18H26. The summed E-state index contributed by atoms with van der Waals surface area (Å²) in [5.41, 5.74) is 2.33. The first-order chi connectivity index (χ1) is 8.77. The van der Waals surface area contributed by atoms with Crippen LogP contribution in [0.15, 0.2) is 30.3 Å². The van der Waals surface area contributed by atoms with Crippen LogP contribution in [0.5, 0.6) is 0 Å². The first-order valence-corrected chi connectivity index (χ1v) is 7.82. The molecule has 2 aliphatic rings. The molecular weight excluding hydrogens is 216 g/mol. The third kappa shape index (κ3) is 2.48. The molecule has 0 heteroatoms. The van der Waals surface area contributed by atoms with E-state index < -0.39 is 0 Å². The van der Waals surface area contributed by atoms with Crippen LogP contribution < -0.4 is 0 Å². The molecule has 0 radical (unpaired) electrons. The van der Waals surface area contributed by atoms with Crippen LogP contribution in [-0.2, 0) is 0 Å². The summed E-state index contributed by atoms with van der Waals surface area (Å²) in [6.45, 7) is 2.43. The molecule has 2 saturated carbocycles. The van der Waals surface area contributed by atoms with Crippen LogP contribution in [0, 0.1) is 11.3 Å². The van der Waals surface area contributed by atoms with Gasteiger partial charge >= 0.3 is 0 Å². The van der Waals surface area contributed by atoms with Crippen molar-refractivity contribution < 1.29 is 0 Å². The van der Waals surface area contributed by atoms with E-state index in [1.165, 1.54) is 51.4 Å². The zero-order chi connectivity index (χ0) is 12.4. The summed E-state index contributed by atoms with van der Waals surface area (Å²) < 4.78 is 0. The van der Waals surface area contributed by atoms with E-state index in [4.69, 9.17) is 0 Å². The molecule has 0 bridgehead atoms. The molecule has 1 aromatic rings. The second-order valence-corrected chi connectivity index (χ2v) is 6.87. The fraction of sp³-hybridized carbons (Fsp3) is 0.667. The molecule has 0 aliphatic heterocycles. The van der Waals surface area contributed by atoms with Gasteiger partial charge < -0.3 is 0 Å². The Morgan fingerprint density at radius 3 is 2.00 bits per heavy atom. The largest absolute Gasteiger partial charge is 0.0625 e. The summed E-state index contributed by atoms with van der Waals surface area (Å²) in [6, 6.07) is 11.2. The minimum atomic E-state index is 0.748. The molecule has 0 saturated heterocycles. The maximum atomic E-state index is 2.43. The van der Waals surface area contributed by atoms with Gasteiger partial charge in [0.15, 0.2) is 0 Å². The SMILES string of the molecule is CC1CCC2(CC1)CCC(c1ccccc1)CC2. The second kappa shape index (κ2) is 5.07. The van der Waals surface area contributed by atoms with Gasteiger partial charge in [-0.3, -0.25) is 0 Å². The van der Waals surface area contributed by atoms with E-state index in [9.17, 15) is 0 Å². The quantitative estimate of drug-likeness (QED) is 0.606. The first kappa shape index (κ1) is 12.3. The molecule has 98 valence electrons. The van der Waals surface area contributed by atoms with Crippen molar-refractivity contribution in [1.29, 1.82) is 0 Å². The lowest BCUT2D eigenvalue weighted by atomic mass is 9.61. The fourth-order valence-electron chi connectivity index (χ4n) is 4.16. The molecule has 0 unspecified atom stereocenters. The van der Waals surface area contributed by atoms with Gasteiger partial charge in [0.1, 0.15) is 0 Å². The molecule has 0 atom stereocenters. The summed E-state index contributed by atoms with van der Waals surface area (Å²) >= 11 is 0. The highest BCUT2D eigenvalue weighted by molar-refractivity contribution is 5.20. The minimum Gasteiger partial charge on any atom is -0.0625 e.